The molecule has 2 nitrogen and oxygen atoms in total. The molecule has 8 aromatic carbocycles. The van der Waals surface area contributed by atoms with Crippen LogP contribution >= 0.6 is 22.7 Å². The summed E-state index contributed by atoms with van der Waals surface area (Å²) in [7, 11) is 0. The van der Waals surface area contributed by atoms with E-state index in [1.807, 2.05) is 22.7 Å². The van der Waals surface area contributed by atoms with Gasteiger partial charge in [0.15, 0.2) is 0 Å². The highest BCUT2D eigenvalue weighted by Crippen LogP contribution is 2.49. The molecule has 0 unspecified atom stereocenters. The van der Waals surface area contributed by atoms with Gasteiger partial charge < -0.3 is 9.32 Å². The maximum Gasteiger partial charge on any atom is 0.143 e. The summed E-state index contributed by atoms with van der Waals surface area (Å²) in [4.78, 5) is 2.44. The number of thiophene rings is 2. The van der Waals surface area contributed by atoms with E-state index in [2.05, 4.69) is 169 Å². The van der Waals surface area contributed by atoms with Crippen LogP contribution in [0.4, 0.5) is 17.1 Å². The Morgan fingerprint density at radius 1 is 0.420 bits per heavy atom. The number of hydrogen-bond donors (Lipinski definition) is 0. The van der Waals surface area contributed by atoms with E-state index < -0.39 is 0 Å². The van der Waals surface area contributed by atoms with Crippen LogP contribution in [0.2, 0.25) is 0 Å². The van der Waals surface area contributed by atoms with Crippen LogP contribution in [0.3, 0.4) is 0 Å². The van der Waals surface area contributed by atoms with Gasteiger partial charge in [0.1, 0.15) is 11.2 Å². The predicted octanol–water partition coefficient (Wildman–Crippen LogP) is 14.6. The van der Waals surface area contributed by atoms with Crippen LogP contribution in [0.1, 0.15) is 0 Å². The predicted molar refractivity (Wildman–Crippen MR) is 217 cm³/mol. The van der Waals surface area contributed by atoms with Gasteiger partial charge in [-0.15, -0.1) is 22.7 Å². The second-order valence-corrected chi connectivity index (χ2v) is 14.9. The Morgan fingerprint density at radius 2 is 1.04 bits per heavy atom. The monoisotopic (exact) mass is 673 g/mol. The minimum Gasteiger partial charge on any atom is -0.455 e. The number of rotatable bonds is 4. The molecule has 0 bridgehead atoms. The molecular weight excluding hydrogens is 647 g/mol. The summed E-state index contributed by atoms with van der Waals surface area (Å²) in [5, 5.41) is 9.75. The fourth-order valence-corrected chi connectivity index (χ4v) is 10.2. The third-order valence-corrected chi connectivity index (χ3v) is 12.5. The summed E-state index contributed by atoms with van der Waals surface area (Å²) >= 11 is 3.73. The van der Waals surface area contributed by atoms with Gasteiger partial charge in [-0.3, -0.25) is 0 Å². The Balaban J connectivity index is 1.16. The number of fused-ring (bicyclic) bond motifs is 11. The zero-order chi connectivity index (χ0) is 32.8. The molecule has 0 atom stereocenters. The van der Waals surface area contributed by atoms with Crippen molar-refractivity contribution in [3.63, 3.8) is 0 Å². The largest absolute Gasteiger partial charge is 0.455 e. The van der Waals surface area contributed by atoms with Crippen molar-refractivity contribution in [2.24, 2.45) is 0 Å². The first-order valence-corrected chi connectivity index (χ1v) is 18.5. The van der Waals surface area contributed by atoms with Gasteiger partial charge in [-0.2, -0.15) is 0 Å². The van der Waals surface area contributed by atoms with Gasteiger partial charge in [0, 0.05) is 52.1 Å². The Labute approximate surface area is 295 Å². The second-order valence-electron chi connectivity index (χ2n) is 12.8. The first-order valence-electron chi connectivity index (χ1n) is 16.8. The van der Waals surface area contributed by atoms with Crippen molar-refractivity contribution in [2.45, 2.75) is 0 Å². The van der Waals surface area contributed by atoms with Crippen LogP contribution in [-0.4, -0.2) is 0 Å². The lowest BCUT2D eigenvalue weighted by Crippen LogP contribution is -2.10. The van der Waals surface area contributed by atoms with Gasteiger partial charge in [0.2, 0.25) is 0 Å². The molecule has 3 aromatic heterocycles. The van der Waals surface area contributed by atoms with Crippen LogP contribution in [-0.2, 0) is 0 Å². The van der Waals surface area contributed by atoms with E-state index in [0.717, 1.165) is 44.4 Å². The standard InChI is InChI=1S/C46H27NOS2/c1-2-11-31-28(10-1)24-27-37-43-38(17-9-19-40(43)48-44(31)37)47(39-18-8-16-36-34-13-4-6-21-42(34)50-46(36)39)30-25-22-29(23-26-30)32-14-7-15-35-33-12-3-5-20-41(33)49-45(32)35/h1-27H. The normalized spacial score (nSPS) is 12.0. The van der Waals surface area contributed by atoms with Gasteiger partial charge in [0.05, 0.1) is 21.5 Å². The number of hydrogen-bond acceptors (Lipinski definition) is 4. The maximum atomic E-state index is 6.68. The molecule has 3 heterocycles. The van der Waals surface area contributed by atoms with Crippen LogP contribution in [0.25, 0.3) is 84.2 Å². The smallest absolute Gasteiger partial charge is 0.143 e. The maximum absolute atomic E-state index is 6.68. The number of anilines is 3. The van der Waals surface area contributed by atoms with Gasteiger partial charge in [-0.25, -0.2) is 0 Å². The molecular formula is C46H27NOS2. The summed E-state index contributed by atoms with van der Waals surface area (Å²) in [6.45, 7) is 0. The summed E-state index contributed by atoms with van der Waals surface area (Å²) in [5.74, 6) is 0. The van der Waals surface area contributed by atoms with E-state index in [4.69, 9.17) is 4.42 Å². The zero-order valence-corrected chi connectivity index (χ0v) is 28.4. The molecule has 11 rings (SSSR count). The quantitative estimate of drug-likeness (QED) is 0.185. The van der Waals surface area contributed by atoms with Crippen molar-refractivity contribution in [1.82, 2.24) is 0 Å². The van der Waals surface area contributed by atoms with E-state index in [0.29, 0.717) is 0 Å². The van der Waals surface area contributed by atoms with Crippen LogP contribution < -0.4 is 4.90 Å². The molecule has 4 heteroatoms. The molecule has 0 fully saturated rings. The molecule has 50 heavy (non-hydrogen) atoms. The summed E-state index contributed by atoms with van der Waals surface area (Å²) < 4.78 is 11.9. The Bertz CT molecular complexity index is 3110. The SMILES string of the molecule is c1ccc2c(c1)ccc1c2oc2cccc(N(c3ccc(-c4cccc5c4sc4ccccc45)cc3)c3cccc4c3sc3ccccc34)c21. The summed E-state index contributed by atoms with van der Waals surface area (Å²) in [5.41, 5.74) is 7.65. The second kappa shape index (κ2) is 10.8. The highest BCUT2D eigenvalue weighted by molar-refractivity contribution is 7.26. The highest BCUT2D eigenvalue weighted by atomic mass is 32.1. The van der Waals surface area contributed by atoms with Gasteiger partial charge >= 0.3 is 0 Å². The molecule has 0 aliphatic heterocycles. The van der Waals surface area contributed by atoms with Crippen molar-refractivity contribution in [3.05, 3.63) is 164 Å². The Morgan fingerprint density at radius 3 is 1.84 bits per heavy atom. The van der Waals surface area contributed by atoms with Crippen LogP contribution in [0.5, 0.6) is 0 Å². The highest BCUT2D eigenvalue weighted by Gasteiger charge is 2.23. The van der Waals surface area contributed by atoms with Crippen molar-refractivity contribution >= 4 is 113 Å². The Hall–Kier alpha value is -5.94. The lowest BCUT2D eigenvalue weighted by atomic mass is 10.0. The van der Waals surface area contributed by atoms with Crippen molar-refractivity contribution < 1.29 is 4.42 Å². The zero-order valence-electron chi connectivity index (χ0n) is 26.8. The van der Waals surface area contributed by atoms with Crippen molar-refractivity contribution in [3.8, 4) is 11.1 Å². The first kappa shape index (κ1) is 28.0. The topological polar surface area (TPSA) is 16.4 Å². The fourth-order valence-electron chi connectivity index (χ4n) is 7.80. The van der Waals surface area contributed by atoms with Crippen LogP contribution in [0.15, 0.2) is 168 Å². The molecule has 0 aliphatic carbocycles. The van der Waals surface area contributed by atoms with Crippen molar-refractivity contribution in [2.75, 3.05) is 4.90 Å². The Kier molecular flexibility index (Phi) is 6.03. The average molecular weight is 674 g/mol. The number of nitrogens with zero attached hydrogens (tertiary/aromatic N) is 1. The van der Waals surface area contributed by atoms with E-state index in [1.165, 1.54) is 56.9 Å². The minimum absolute atomic E-state index is 0.885. The lowest BCUT2D eigenvalue weighted by molar-refractivity contribution is 0.672. The van der Waals surface area contributed by atoms with Gasteiger partial charge in [-0.1, -0.05) is 115 Å². The number of furan rings is 1. The fraction of sp³-hybridized carbons (Fsp3) is 0. The molecule has 0 radical (unpaired) electrons. The van der Waals surface area contributed by atoms with E-state index in [-0.39, 0.29) is 0 Å². The van der Waals surface area contributed by atoms with Crippen LogP contribution in [0, 0.1) is 0 Å². The third-order valence-electron chi connectivity index (χ3n) is 10.1. The molecule has 0 N–H and O–H groups in total. The van der Waals surface area contributed by atoms with Gasteiger partial charge in [0.25, 0.3) is 0 Å². The molecule has 0 saturated heterocycles. The molecule has 11 aromatic rings. The minimum atomic E-state index is 0.885. The van der Waals surface area contributed by atoms with E-state index in [9.17, 15) is 0 Å². The lowest BCUT2D eigenvalue weighted by Gasteiger charge is -2.27. The third kappa shape index (κ3) is 4.07. The summed E-state index contributed by atoms with van der Waals surface area (Å²) in [6, 6.07) is 59.4. The number of benzene rings is 8. The molecule has 234 valence electrons. The first-order chi connectivity index (χ1) is 24.8. The molecule has 0 spiro atoms. The molecule has 0 saturated carbocycles. The van der Waals surface area contributed by atoms with Gasteiger partial charge in [-0.05, 0) is 65.0 Å². The average Bonchev–Trinajstić information content (AvgIpc) is 3.87. The molecule has 0 amide bonds. The van der Waals surface area contributed by atoms with Crippen molar-refractivity contribution in [1.29, 1.82) is 0 Å². The van der Waals surface area contributed by atoms with E-state index in [1.54, 1.807) is 0 Å². The van der Waals surface area contributed by atoms with E-state index >= 15 is 0 Å². The molecule has 0 aliphatic rings. The summed E-state index contributed by atoms with van der Waals surface area (Å²) in [6.07, 6.45) is 0.